The highest BCUT2D eigenvalue weighted by molar-refractivity contribution is 5.85. The summed E-state index contributed by atoms with van der Waals surface area (Å²) in [5.41, 5.74) is 2.48. The topological polar surface area (TPSA) is 83.5 Å². The summed E-state index contributed by atoms with van der Waals surface area (Å²) in [6.07, 6.45) is 7.02. The van der Waals surface area contributed by atoms with Gasteiger partial charge in [0.25, 0.3) is 0 Å². The van der Waals surface area contributed by atoms with E-state index in [1.165, 1.54) is 0 Å². The number of carbonyl (C=O) groups excluding carboxylic acids is 1. The zero-order valence-corrected chi connectivity index (χ0v) is 17.3. The summed E-state index contributed by atoms with van der Waals surface area (Å²) >= 11 is 0. The van der Waals surface area contributed by atoms with E-state index in [2.05, 4.69) is 39.0 Å². The second-order valence-corrected chi connectivity index (χ2v) is 7.93. The van der Waals surface area contributed by atoms with Crippen LogP contribution in [0.4, 0.5) is 5.69 Å². The summed E-state index contributed by atoms with van der Waals surface area (Å²) in [7, 11) is 0. The normalized spacial score (nSPS) is 23.3. The van der Waals surface area contributed by atoms with E-state index in [1.54, 1.807) is 18.6 Å². The summed E-state index contributed by atoms with van der Waals surface area (Å²) in [6, 6.07) is 1.99. The van der Waals surface area contributed by atoms with Gasteiger partial charge in [-0.05, 0) is 45.8 Å². The van der Waals surface area contributed by atoms with Gasteiger partial charge in [-0.3, -0.25) is 4.79 Å². The monoisotopic (exact) mass is 398 g/mol. The molecular formula is C21H30N6O2. The Balaban J connectivity index is 1.48. The fourth-order valence-corrected chi connectivity index (χ4v) is 4.41. The van der Waals surface area contributed by atoms with Gasteiger partial charge < -0.3 is 19.9 Å². The van der Waals surface area contributed by atoms with Crippen molar-refractivity contribution in [2.24, 2.45) is 5.92 Å². The second-order valence-electron chi connectivity index (χ2n) is 7.93. The second kappa shape index (κ2) is 9.00. The predicted octanol–water partition coefficient (Wildman–Crippen LogP) is 1.47. The van der Waals surface area contributed by atoms with Crippen molar-refractivity contribution in [3.8, 4) is 0 Å². The zero-order chi connectivity index (χ0) is 20.2. The number of pyridine rings is 1. The molecule has 8 heteroatoms. The molecule has 29 heavy (non-hydrogen) atoms. The highest BCUT2D eigenvalue weighted by atomic mass is 16.5. The molecule has 0 aromatic carbocycles. The Morgan fingerprint density at radius 3 is 2.76 bits per heavy atom. The van der Waals surface area contributed by atoms with Gasteiger partial charge in [-0.15, -0.1) is 0 Å². The number of hydrogen-bond donors (Lipinski definition) is 1. The van der Waals surface area contributed by atoms with Crippen LogP contribution in [0.1, 0.15) is 26.7 Å². The van der Waals surface area contributed by atoms with Crippen molar-refractivity contribution >= 4 is 22.8 Å². The molecule has 2 aromatic heterocycles. The van der Waals surface area contributed by atoms with Gasteiger partial charge in [0.05, 0.1) is 17.9 Å². The number of rotatable bonds is 5. The standard InChI is InChI=1S/C21H30N6O2/c1-3-26(21(28)16-4-7-22-8-5-16)13-17-14-27(12-15(2)29-17)18-6-9-24-20-19(18)23-10-11-25-20/h6,9-11,15-17,22H,3-5,7-8,12-14H2,1-2H3/t15-,17-/m1/s1. The van der Waals surface area contributed by atoms with E-state index in [0.717, 1.165) is 50.2 Å². The van der Waals surface area contributed by atoms with Crippen LogP contribution in [0.15, 0.2) is 24.7 Å². The van der Waals surface area contributed by atoms with Gasteiger partial charge >= 0.3 is 0 Å². The molecule has 2 aliphatic rings. The minimum absolute atomic E-state index is 0.0377. The van der Waals surface area contributed by atoms with Crippen molar-refractivity contribution in [1.82, 2.24) is 25.2 Å². The van der Waals surface area contributed by atoms with Gasteiger partial charge in [0.15, 0.2) is 5.65 Å². The average molecular weight is 399 g/mol. The van der Waals surface area contributed by atoms with E-state index in [-0.39, 0.29) is 24.0 Å². The number of carbonyl (C=O) groups is 1. The molecule has 2 atom stereocenters. The molecule has 0 saturated carbocycles. The summed E-state index contributed by atoms with van der Waals surface area (Å²) in [5, 5.41) is 3.33. The number of aromatic nitrogens is 3. The van der Waals surface area contributed by atoms with Crippen LogP contribution < -0.4 is 10.2 Å². The maximum Gasteiger partial charge on any atom is 0.225 e. The van der Waals surface area contributed by atoms with Crippen LogP contribution in [0.5, 0.6) is 0 Å². The number of piperidine rings is 1. The largest absolute Gasteiger partial charge is 0.370 e. The SMILES string of the molecule is CCN(C[C@@H]1CN(c2ccnc3nccnc23)C[C@@H](C)O1)C(=O)C1CCNCC1. The van der Waals surface area contributed by atoms with Crippen molar-refractivity contribution in [2.75, 3.05) is 44.2 Å². The van der Waals surface area contributed by atoms with E-state index >= 15 is 0 Å². The van der Waals surface area contributed by atoms with Gasteiger partial charge in [-0.25, -0.2) is 15.0 Å². The molecule has 8 nitrogen and oxygen atoms in total. The molecular weight excluding hydrogens is 368 g/mol. The van der Waals surface area contributed by atoms with E-state index < -0.39 is 0 Å². The Morgan fingerprint density at radius 2 is 1.97 bits per heavy atom. The molecule has 0 bridgehead atoms. The van der Waals surface area contributed by atoms with Gasteiger partial charge in [0.2, 0.25) is 5.91 Å². The molecule has 2 saturated heterocycles. The lowest BCUT2D eigenvalue weighted by Crippen LogP contribution is -2.52. The molecule has 1 N–H and O–H groups in total. The zero-order valence-electron chi connectivity index (χ0n) is 17.3. The van der Waals surface area contributed by atoms with E-state index in [1.807, 2.05) is 11.0 Å². The first-order chi connectivity index (χ1) is 14.2. The number of ether oxygens (including phenoxy) is 1. The summed E-state index contributed by atoms with van der Waals surface area (Å²) < 4.78 is 6.22. The van der Waals surface area contributed by atoms with Crippen LogP contribution in [-0.4, -0.2) is 77.2 Å². The highest BCUT2D eigenvalue weighted by Gasteiger charge is 2.31. The van der Waals surface area contributed by atoms with E-state index in [4.69, 9.17) is 4.74 Å². The van der Waals surface area contributed by atoms with Gasteiger partial charge in [-0.2, -0.15) is 0 Å². The Hall–Kier alpha value is -2.32. The molecule has 0 spiro atoms. The molecule has 2 aliphatic heterocycles. The number of likely N-dealkylation sites (N-methyl/N-ethyl adjacent to an activating group) is 1. The summed E-state index contributed by atoms with van der Waals surface area (Å²) in [4.78, 5) is 30.4. The Kier molecular flexibility index (Phi) is 6.20. The Labute approximate surface area is 171 Å². The first-order valence-corrected chi connectivity index (χ1v) is 10.6. The fourth-order valence-electron chi connectivity index (χ4n) is 4.41. The van der Waals surface area contributed by atoms with Crippen LogP contribution in [0.2, 0.25) is 0 Å². The minimum atomic E-state index is -0.0377. The molecule has 4 heterocycles. The van der Waals surface area contributed by atoms with Crippen LogP contribution >= 0.6 is 0 Å². The van der Waals surface area contributed by atoms with Crippen LogP contribution in [-0.2, 0) is 9.53 Å². The molecule has 2 aromatic rings. The van der Waals surface area contributed by atoms with Gasteiger partial charge in [0, 0.05) is 50.7 Å². The number of hydrogen-bond acceptors (Lipinski definition) is 7. The van der Waals surface area contributed by atoms with E-state index in [9.17, 15) is 4.79 Å². The van der Waals surface area contributed by atoms with Crippen molar-refractivity contribution < 1.29 is 9.53 Å². The minimum Gasteiger partial charge on any atom is -0.370 e. The van der Waals surface area contributed by atoms with Gasteiger partial charge in [-0.1, -0.05) is 0 Å². The van der Waals surface area contributed by atoms with E-state index in [0.29, 0.717) is 18.7 Å². The first kappa shape index (κ1) is 20.0. The van der Waals surface area contributed by atoms with Crippen LogP contribution in [0.25, 0.3) is 11.2 Å². The van der Waals surface area contributed by atoms with Crippen molar-refractivity contribution in [2.45, 2.75) is 38.9 Å². The lowest BCUT2D eigenvalue weighted by atomic mass is 9.96. The molecule has 1 amide bonds. The molecule has 4 rings (SSSR count). The average Bonchev–Trinajstić information content (AvgIpc) is 2.77. The third-order valence-electron chi connectivity index (χ3n) is 5.82. The third-order valence-corrected chi connectivity index (χ3v) is 5.82. The lowest BCUT2D eigenvalue weighted by Gasteiger charge is -2.40. The third kappa shape index (κ3) is 4.48. The lowest BCUT2D eigenvalue weighted by molar-refractivity contribution is -0.139. The molecule has 0 radical (unpaired) electrons. The number of amides is 1. The Bertz CT molecular complexity index is 836. The van der Waals surface area contributed by atoms with Crippen molar-refractivity contribution in [3.63, 3.8) is 0 Å². The molecule has 156 valence electrons. The molecule has 0 aliphatic carbocycles. The van der Waals surface area contributed by atoms with Gasteiger partial charge in [0.1, 0.15) is 5.52 Å². The summed E-state index contributed by atoms with van der Waals surface area (Å²) in [6.45, 7) is 8.81. The fraction of sp³-hybridized carbons (Fsp3) is 0.619. The maximum atomic E-state index is 13.0. The quantitative estimate of drug-likeness (QED) is 0.816. The van der Waals surface area contributed by atoms with Crippen LogP contribution in [0, 0.1) is 5.92 Å². The smallest absolute Gasteiger partial charge is 0.225 e. The van der Waals surface area contributed by atoms with Crippen LogP contribution in [0.3, 0.4) is 0 Å². The number of morpholine rings is 1. The maximum absolute atomic E-state index is 13.0. The summed E-state index contributed by atoms with van der Waals surface area (Å²) in [5.74, 6) is 0.398. The predicted molar refractivity (Wildman–Crippen MR) is 112 cm³/mol. The molecule has 0 unspecified atom stereocenters. The number of nitrogens with one attached hydrogen (secondary N) is 1. The van der Waals surface area contributed by atoms with Crippen molar-refractivity contribution in [3.05, 3.63) is 24.7 Å². The highest BCUT2D eigenvalue weighted by Crippen LogP contribution is 2.26. The van der Waals surface area contributed by atoms with Crippen molar-refractivity contribution in [1.29, 1.82) is 0 Å². The number of nitrogens with zero attached hydrogens (tertiary/aromatic N) is 5. The Morgan fingerprint density at radius 1 is 1.21 bits per heavy atom. The number of fused-ring (bicyclic) bond motifs is 1. The number of anilines is 1. The first-order valence-electron chi connectivity index (χ1n) is 10.6. The molecule has 2 fully saturated rings.